The second kappa shape index (κ2) is 9.63. The van der Waals surface area contributed by atoms with E-state index in [4.69, 9.17) is 9.62 Å². The molecular weight excluding hydrogens is 528 g/mol. The Kier molecular flexibility index (Phi) is 7.06. The summed E-state index contributed by atoms with van der Waals surface area (Å²) in [7, 11) is 0. The van der Waals surface area contributed by atoms with Gasteiger partial charge in [-0.3, -0.25) is 9.59 Å². The van der Waals surface area contributed by atoms with E-state index in [1.807, 2.05) is 13.0 Å². The molecule has 236 valence electrons. The molecule has 0 radical (unpaired) electrons. The van der Waals surface area contributed by atoms with Gasteiger partial charge in [0.05, 0.1) is 11.5 Å². The van der Waals surface area contributed by atoms with Crippen LogP contribution in [-0.2, 0) is 19.2 Å². The maximum atomic E-state index is 14.6. The van der Waals surface area contributed by atoms with Crippen LogP contribution in [0.15, 0.2) is 11.6 Å². The van der Waals surface area contributed by atoms with Crippen LogP contribution >= 0.6 is 0 Å². The number of ether oxygens (including phenoxy) is 1. The van der Waals surface area contributed by atoms with Gasteiger partial charge in [-0.15, -0.1) is 0 Å². The van der Waals surface area contributed by atoms with Crippen molar-refractivity contribution < 1.29 is 29.6 Å². The van der Waals surface area contributed by atoms with Gasteiger partial charge >= 0.3 is 5.97 Å². The lowest BCUT2D eigenvalue weighted by atomic mass is 9.33. The van der Waals surface area contributed by atoms with E-state index < -0.39 is 22.6 Å². The van der Waals surface area contributed by atoms with E-state index in [2.05, 4.69) is 41.5 Å². The smallest absolute Gasteiger partial charge is 0.309 e. The number of hydrogen-bond acceptors (Lipinski definition) is 5. The van der Waals surface area contributed by atoms with Crippen LogP contribution in [0.4, 0.5) is 0 Å². The monoisotopic (exact) mass is 584 g/mol. The zero-order chi connectivity index (χ0) is 30.6. The van der Waals surface area contributed by atoms with Crippen LogP contribution in [0.2, 0.25) is 0 Å². The molecule has 0 aromatic rings. The molecule has 6 aliphatic carbocycles. The molecule has 9 atom stereocenters. The zero-order valence-electron chi connectivity index (χ0n) is 27.3. The Balaban J connectivity index is 1.38. The molecule has 6 nitrogen and oxygen atoms in total. The molecule has 2 N–H and O–H groups in total. The summed E-state index contributed by atoms with van der Waals surface area (Å²) in [6, 6.07) is 0. The normalized spacial score (nSPS) is 50.5. The fourth-order valence-electron chi connectivity index (χ4n) is 12.1. The van der Waals surface area contributed by atoms with Crippen molar-refractivity contribution >= 4 is 11.8 Å². The SMILES string of the molecule is CC1(C)C2CC[C@]3(C)[C@H](C(=O)C=C4[C@H]5C[C@@](C)(C(=O)O)CC[C@]5(C)CC[C@]43C)[C@@]2(C)CC[C@@]1(OO)OC1CCCCC1. The average molecular weight is 585 g/mol. The van der Waals surface area contributed by atoms with Crippen LogP contribution in [0.25, 0.3) is 0 Å². The standard InChI is InChI=1S/C36H56O6/c1-30(2)27-13-14-35(7)28(33(27,5)18-20-36(30,42-40)41-23-11-9-8-10-12-23)26(37)21-24-25-22-32(4,29(38)39)16-15-31(25,3)17-19-34(24,35)6/h21,23,25,27-28,40H,8-20,22H2,1-7H3,(H,38,39)/t25-,27?,28-,31-,32+,33+,34-,35-,36+/m1/s1. The lowest BCUT2D eigenvalue weighted by molar-refractivity contribution is -0.466. The Hall–Kier alpha value is -1.24. The first-order valence-corrected chi connectivity index (χ1v) is 17.0. The molecule has 1 unspecified atom stereocenters. The van der Waals surface area contributed by atoms with Crippen molar-refractivity contribution in [3.05, 3.63) is 11.6 Å². The third kappa shape index (κ3) is 3.92. The predicted octanol–water partition coefficient (Wildman–Crippen LogP) is 8.59. The van der Waals surface area contributed by atoms with Crippen molar-refractivity contribution in [1.82, 2.24) is 0 Å². The summed E-state index contributed by atoms with van der Waals surface area (Å²) in [5, 5.41) is 20.7. The molecule has 0 heterocycles. The zero-order valence-corrected chi connectivity index (χ0v) is 27.3. The highest BCUT2D eigenvalue weighted by Crippen LogP contribution is 2.76. The Labute approximate surface area is 253 Å². The molecule has 0 saturated heterocycles. The molecule has 0 amide bonds. The van der Waals surface area contributed by atoms with Crippen molar-refractivity contribution in [3.8, 4) is 0 Å². The molecule has 6 aliphatic rings. The lowest BCUT2D eigenvalue weighted by Gasteiger charge is -2.71. The summed E-state index contributed by atoms with van der Waals surface area (Å²) < 4.78 is 6.76. The number of carbonyl (C=O) groups excluding carboxylic acids is 1. The largest absolute Gasteiger partial charge is 0.481 e. The van der Waals surface area contributed by atoms with Gasteiger partial charge in [-0.2, -0.15) is 0 Å². The maximum Gasteiger partial charge on any atom is 0.309 e. The average Bonchev–Trinajstić information content (AvgIpc) is 2.93. The Morgan fingerprint density at radius 2 is 1.52 bits per heavy atom. The molecule has 0 aromatic heterocycles. The van der Waals surface area contributed by atoms with Crippen LogP contribution in [-0.4, -0.2) is 34.0 Å². The summed E-state index contributed by atoms with van der Waals surface area (Å²) in [6.45, 7) is 15.8. The Morgan fingerprint density at radius 3 is 2.17 bits per heavy atom. The summed E-state index contributed by atoms with van der Waals surface area (Å²) >= 11 is 0. The molecule has 42 heavy (non-hydrogen) atoms. The first-order valence-electron chi connectivity index (χ1n) is 17.0. The predicted molar refractivity (Wildman–Crippen MR) is 161 cm³/mol. The van der Waals surface area contributed by atoms with Gasteiger partial charge in [-0.25, -0.2) is 10.1 Å². The first kappa shape index (κ1) is 30.8. The number of hydrogen-bond donors (Lipinski definition) is 2. The molecule has 6 rings (SSSR count). The van der Waals surface area contributed by atoms with Gasteiger partial charge in [0.1, 0.15) is 0 Å². The molecule has 0 bridgehead atoms. The fourth-order valence-corrected chi connectivity index (χ4v) is 12.1. The summed E-state index contributed by atoms with van der Waals surface area (Å²) in [5.74, 6) is -1.36. The number of aliphatic carboxylic acids is 1. The van der Waals surface area contributed by atoms with Crippen molar-refractivity contribution in [2.24, 2.45) is 50.2 Å². The van der Waals surface area contributed by atoms with E-state index in [1.54, 1.807) is 0 Å². The Bertz CT molecular complexity index is 1170. The quantitative estimate of drug-likeness (QED) is 0.195. The highest BCUT2D eigenvalue weighted by Gasteiger charge is 2.73. The van der Waals surface area contributed by atoms with Crippen molar-refractivity contribution in [3.63, 3.8) is 0 Å². The van der Waals surface area contributed by atoms with Gasteiger partial charge in [0.25, 0.3) is 0 Å². The number of carboxylic acids is 1. The highest BCUT2D eigenvalue weighted by atomic mass is 17.1. The molecule has 6 heteroatoms. The van der Waals surface area contributed by atoms with Crippen LogP contribution in [0, 0.1) is 50.2 Å². The third-order valence-corrected chi connectivity index (χ3v) is 15.3. The van der Waals surface area contributed by atoms with Gasteiger partial charge in [-0.1, -0.05) is 66.4 Å². The van der Waals surface area contributed by atoms with E-state index in [0.29, 0.717) is 19.3 Å². The molecule has 5 fully saturated rings. The third-order valence-electron chi connectivity index (χ3n) is 15.3. The second-order valence-corrected chi connectivity index (χ2v) is 17.5. The van der Waals surface area contributed by atoms with E-state index in [1.165, 1.54) is 12.0 Å². The number of ketones is 1. The van der Waals surface area contributed by atoms with Crippen LogP contribution in [0.5, 0.6) is 0 Å². The van der Waals surface area contributed by atoms with E-state index in [-0.39, 0.29) is 51.3 Å². The summed E-state index contributed by atoms with van der Waals surface area (Å²) in [4.78, 5) is 32.4. The number of carboxylic acid groups (broad SMARTS) is 1. The topological polar surface area (TPSA) is 93.1 Å². The van der Waals surface area contributed by atoms with E-state index >= 15 is 0 Å². The number of rotatable bonds is 4. The lowest BCUT2D eigenvalue weighted by Crippen LogP contribution is -2.69. The van der Waals surface area contributed by atoms with Gasteiger partial charge in [0.2, 0.25) is 5.79 Å². The second-order valence-electron chi connectivity index (χ2n) is 17.5. The maximum absolute atomic E-state index is 14.6. The summed E-state index contributed by atoms with van der Waals surface area (Å²) in [6.07, 6.45) is 15.3. The minimum absolute atomic E-state index is 0.0479. The van der Waals surface area contributed by atoms with Crippen molar-refractivity contribution in [2.45, 2.75) is 150 Å². The van der Waals surface area contributed by atoms with Crippen molar-refractivity contribution in [2.75, 3.05) is 0 Å². The van der Waals surface area contributed by atoms with Crippen LogP contribution in [0.1, 0.15) is 138 Å². The summed E-state index contributed by atoms with van der Waals surface area (Å²) in [5.41, 5.74) is -0.531. The molecule has 0 spiro atoms. The minimum atomic E-state index is -1.06. The Morgan fingerprint density at radius 1 is 0.857 bits per heavy atom. The van der Waals surface area contributed by atoms with E-state index in [9.17, 15) is 20.0 Å². The molecule has 0 aromatic carbocycles. The van der Waals surface area contributed by atoms with Gasteiger partial charge in [0, 0.05) is 17.8 Å². The van der Waals surface area contributed by atoms with Crippen LogP contribution in [0.3, 0.4) is 0 Å². The molecule has 5 saturated carbocycles. The van der Waals surface area contributed by atoms with Crippen molar-refractivity contribution in [1.29, 1.82) is 0 Å². The van der Waals surface area contributed by atoms with Gasteiger partial charge < -0.3 is 9.84 Å². The first-order chi connectivity index (χ1) is 19.5. The number of allylic oxidation sites excluding steroid dienone is 2. The van der Waals surface area contributed by atoms with Gasteiger partial charge in [0.15, 0.2) is 5.78 Å². The number of fused-ring (bicyclic) bond motifs is 7. The molecular formula is C36H56O6. The minimum Gasteiger partial charge on any atom is -0.481 e. The van der Waals surface area contributed by atoms with Gasteiger partial charge in [-0.05, 0) is 111 Å². The van der Waals surface area contributed by atoms with E-state index in [0.717, 1.165) is 64.2 Å². The highest BCUT2D eigenvalue weighted by molar-refractivity contribution is 5.95. The van der Waals surface area contributed by atoms with Crippen LogP contribution < -0.4 is 0 Å². The fraction of sp³-hybridized carbons (Fsp3) is 0.889. The molecule has 0 aliphatic heterocycles. The number of carbonyl (C=O) groups is 2.